The number of rotatable bonds is 4. The average molecular weight is 250 g/mol. The number of anilines is 1. The lowest BCUT2D eigenvalue weighted by Crippen LogP contribution is -2.06. The molecule has 2 heterocycles. The van der Waals surface area contributed by atoms with Crippen LogP contribution in [-0.2, 0) is 0 Å². The van der Waals surface area contributed by atoms with Gasteiger partial charge in [-0.1, -0.05) is 0 Å². The predicted molar refractivity (Wildman–Crippen MR) is 68.6 cm³/mol. The molecule has 0 saturated heterocycles. The van der Waals surface area contributed by atoms with Crippen LogP contribution in [0.2, 0.25) is 0 Å². The first kappa shape index (κ1) is 11.8. The predicted octanol–water partition coefficient (Wildman–Crippen LogP) is 2.35. The Morgan fingerprint density at radius 3 is 2.76 bits per heavy atom. The van der Waals surface area contributed by atoms with E-state index in [1.54, 1.807) is 18.4 Å². The molecule has 0 amide bonds. The van der Waals surface area contributed by atoms with Crippen molar-refractivity contribution in [1.82, 2.24) is 15.0 Å². The third kappa shape index (κ3) is 2.71. The zero-order valence-electron chi connectivity index (χ0n) is 10.0. The van der Waals surface area contributed by atoms with Crippen molar-refractivity contribution in [1.29, 1.82) is 0 Å². The Bertz CT molecular complexity index is 512. The van der Waals surface area contributed by atoms with Crippen LogP contribution in [0.5, 0.6) is 6.01 Å². The maximum Gasteiger partial charge on any atom is 0.321 e. The van der Waals surface area contributed by atoms with E-state index in [-0.39, 0.29) is 0 Å². The first-order chi connectivity index (χ1) is 8.22. The Balaban J connectivity index is 2.42. The molecule has 2 rings (SSSR count). The second-order valence-corrected chi connectivity index (χ2v) is 4.56. The van der Waals surface area contributed by atoms with Crippen LogP contribution in [0.4, 0.5) is 5.95 Å². The quantitative estimate of drug-likeness (QED) is 0.902. The van der Waals surface area contributed by atoms with E-state index in [0.717, 1.165) is 12.1 Å². The van der Waals surface area contributed by atoms with Crippen LogP contribution < -0.4 is 10.1 Å². The molecule has 5 nitrogen and oxygen atoms in total. The van der Waals surface area contributed by atoms with Crippen LogP contribution in [-0.4, -0.2) is 28.6 Å². The summed E-state index contributed by atoms with van der Waals surface area (Å²) in [5, 5.41) is 5.09. The lowest BCUT2D eigenvalue weighted by molar-refractivity contribution is 0.379. The number of hydrogen-bond donors (Lipinski definition) is 1. The standard InChI is InChI=1S/C11H14N4OS/c1-4-12-10-13-9(14-11(15-10)16-3)8-5-7(2)17-6-8/h5-6H,4H2,1-3H3,(H,12,13,14,15). The average Bonchev–Trinajstić information content (AvgIpc) is 2.76. The van der Waals surface area contributed by atoms with E-state index in [0.29, 0.717) is 17.8 Å². The molecule has 0 saturated carbocycles. The van der Waals surface area contributed by atoms with Gasteiger partial charge in [0.25, 0.3) is 0 Å². The molecule has 0 aliphatic rings. The minimum absolute atomic E-state index is 0.329. The summed E-state index contributed by atoms with van der Waals surface area (Å²) in [6, 6.07) is 2.38. The van der Waals surface area contributed by atoms with E-state index in [1.807, 2.05) is 12.3 Å². The fourth-order valence-electron chi connectivity index (χ4n) is 1.37. The highest BCUT2D eigenvalue weighted by molar-refractivity contribution is 7.10. The van der Waals surface area contributed by atoms with Gasteiger partial charge in [0.05, 0.1) is 7.11 Å². The molecule has 6 heteroatoms. The first-order valence-electron chi connectivity index (χ1n) is 5.32. The minimum atomic E-state index is 0.329. The van der Waals surface area contributed by atoms with Crippen molar-refractivity contribution in [2.24, 2.45) is 0 Å². The van der Waals surface area contributed by atoms with Crippen molar-refractivity contribution in [2.75, 3.05) is 19.0 Å². The maximum absolute atomic E-state index is 5.07. The molecule has 17 heavy (non-hydrogen) atoms. The summed E-state index contributed by atoms with van der Waals surface area (Å²) < 4.78 is 5.07. The molecule has 0 bridgehead atoms. The van der Waals surface area contributed by atoms with E-state index in [4.69, 9.17) is 4.74 Å². The second kappa shape index (κ2) is 5.09. The first-order valence-corrected chi connectivity index (χ1v) is 6.20. The summed E-state index contributed by atoms with van der Waals surface area (Å²) in [5.74, 6) is 1.18. The van der Waals surface area contributed by atoms with Gasteiger partial charge in [-0.15, -0.1) is 11.3 Å². The van der Waals surface area contributed by atoms with Crippen LogP contribution in [0, 0.1) is 6.92 Å². The van der Waals surface area contributed by atoms with Crippen molar-refractivity contribution in [3.63, 3.8) is 0 Å². The van der Waals surface area contributed by atoms with Crippen LogP contribution in [0.25, 0.3) is 11.4 Å². The highest BCUT2D eigenvalue weighted by Gasteiger charge is 2.09. The fraction of sp³-hybridized carbons (Fsp3) is 0.364. The van der Waals surface area contributed by atoms with E-state index in [1.165, 1.54) is 4.88 Å². The van der Waals surface area contributed by atoms with Crippen LogP contribution in [0.1, 0.15) is 11.8 Å². The molecular weight excluding hydrogens is 236 g/mol. The molecule has 0 aromatic carbocycles. The smallest absolute Gasteiger partial charge is 0.321 e. The molecule has 0 atom stereocenters. The second-order valence-electron chi connectivity index (χ2n) is 3.45. The largest absolute Gasteiger partial charge is 0.467 e. The Hall–Kier alpha value is -1.69. The third-order valence-electron chi connectivity index (χ3n) is 2.12. The zero-order chi connectivity index (χ0) is 12.3. The van der Waals surface area contributed by atoms with E-state index in [2.05, 4.69) is 33.3 Å². The van der Waals surface area contributed by atoms with Crippen molar-refractivity contribution < 1.29 is 4.74 Å². The van der Waals surface area contributed by atoms with Crippen molar-refractivity contribution in [2.45, 2.75) is 13.8 Å². The summed E-state index contributed by atoms with van der Waals surface area (Å²) in [4.78, 5) is 13.9. The highest BCUT2D eigenvalue weighted by atomic mass is 32.1. The molecular formula is C11H14N4OS. The minimum Gasteiger partial charge on any atom is -0.467 e. The molecule has 0 aliphatic carbocycles. The molecule has 0 spiro atoms. The van der Waals surface area contributed by atoms with Crippen molar-refractivity contribution >= 4 is 17.3 Å². The van der Waals surface area contributed by atoms with Gasteiger partial charge < -0.3 is 10.1 Å². The molecule has 90 valence electrons. The van der Waals surface area contributed by atoms with Gasteiger partial charge in [0.1, 0.15) is 0 Å². The lowest BCUT2D eigenvalue weighted by Gasteiger charge is -2.05. The molecule has 0 radical (unpaired) electrons. The highest BCUT2D eigenvalue weighted by Crippen LogP contribution is 2.23. The van der Waals surface area contributed by atoms with Gasteiger partial charge in [0.15, 0.2) is 5.82 Å². The van der Waals surface area contributed by atoms with E-state index in [9.17, 15) is 0 Å². The normalized spacial score (nSPS) is 10.3. The van der Waals surface area contributed by atoms with Gasteiger partial charge in [-0.3, -0.25) is 0 Å². The Kier molecular flexibility index (Phi) is 3.53. The van der Waals surface area contributed by atoms with Crippen LogP contribution in [0.15, 0.2) is 11.4 Å². The summed E-state index contributed by atoms with van der Waals surface area (Å²) in [6.45, 7) is 4.80. The lowest BCUT2D eigenvalue weighted by atomic mass is 10.3. The third-order valence-corrected chi connectivity index (χ3v) is 2.98. The summed E-state index contributed by atoms with van der Waals surface area (Å²) >= 11 is 1.67. The zero-order valence-corrected chi connectivity index (χ0v) is 10.8. The number of nitrogens with zero attached hydrogens (tertiary/aromatic N) is 3. The number of nitrogens with one attached hydrogen (secondary N) is 1. The van der Waals surface area contributed by atoms with Gasteiger partial charge in [-0.25, -0.2) is 0 Å². The molecule has 0 aliphatic heterocycles. The topological polar surface area (TPSA) is 59.9 Å². The number of methoxy groups -OCH3 is 1. The number of thiophene rings is 1. The number of hydrogen-bond acceptors (Lipinski definition) is 6. The summed E-state index contributed by atoms with van der Waals surface area (Å²) in [7, 11) is 1.55. The number of aromatic nitrogens is 3. The van der Waals surface area contributed by atoms with Gasteiger partial charge in [-0.05, 0) is 19.9 Å². The van der Waals surface area contributed by atoms with Gasteiger partial charge >= 0.3 is 6.01 Å². The monoisotopic (exact) mass is 250 g/mol. The Labute approximate surface area is 104 Å². The Morgan fingerprint density at radius 1 is 1.35 bits per heavy atom. The SMILES string of the molecule is CCNc1nc(OC)nc(-c2csc(C)c2)n1. The summed E-state index contributed by atoms with van der Waals surface area (Å²) in [5.41, 5.74) is 0.993. The van der Waals surface area contributed by atoms with Gasteiger partial charge in [0.2, 0.25) is 5.95 Å². The van der Waals surface area contributed by atoms with E-state index >= 15 is 0 Å². The molecule has 0 unspecified atom stereocenters. The molecule has 1 N–H and O–H groups in total. The van der Waals surface area contributed by atoms with Crippen molar-refractivity contribution in [3.05, 3.63) is 16.3 Å². The van der Waals surface area contributed by atoms with Gasteiger partial charge in [-0.2, -0.15) is 15.0 Å². The molecule has 2 aromatic heterocycles. The Morgan fingerprint density at radius 2 is 2.18 bits per heavy atom. The number of ether oxygens (including phenoxy) is 1. The maximum atomic E-state index is 5.07. The van der Waals surface area contributed by atoms with Crippen LogP contribution in [0.3, 0.4) is 0 Å². The van der Waals surface area contributed by atoms with Crippen LogP contribution >= 0.6 is 11.3 Å². The molecule has 0 fully saturated rings. The molecule has 2 aromatic rings. The van der Waals surface area contributed by atoms with Gasteiger partial charge in [0, 0.05) is 22.4 Å². The fourth-order valence-corrected chi connectivity index (χ4v) is 2.06. The number of aryl methyl sites for hydroxylation is 1. The summed E-state index contributed by atoms with van der Waals surface area (Å²) in [6.07, 6.45) is 0. The van der Waals surface area contributed by atoms with Crippen molar-refractivity contribution in [3.8, 4) is 17.4 Å². The van der Waals surface area contributed by atoms with E-state index < -0.39 is 0 Å².